The Bertz CT molecular complexity index is 923. The van der Waals surface area contributed by atoms with Crippen molar-refractivity contribution in [3.63, 3.8) is 0 Å². The van der Waals surface area contributed by atoms with Gasteiger partial charge in [0.2, 0.25) is 5.91 Å². The SMILES string of the molecule is Cc1ccccc1OCCN(C)C(=O)[C@@H](N)Cc1cn(Cc2ccccc2)cn1. The number of likely N-dealkylation sites (N-methyl/N-ethyl adjacent to an activating group) is 1. The van der Waals surface area contributed by atoms with Crippen molar-refractivity contribution in [2.75, 3.05) is 20.2 Å². The lowest BCUT2D eigenvalue weighted by atomic mass is 10.1. The number of para-hydroxylation sites is 1. The Morgan fingerprint density at radius 1 is 1.17 bits per heavy atom. The topological polar surface area (TPSA) is 73.4 Å². The van der Waals surface area contributed by atoms with Crippen LogP contribution in [0.5, 0.6) is 5.75 Å². The van der Waals surface area contributed by atoms with E-state index in [1.807, 2.05) is 60.2 Å². The summed E-state index contributed by atoms with van der Waals surface area (Å²) in [5, 5.41) is 0. The van der Waals surface area contributed by atoms with Gasteiger partial charge in [-0.1, -0.05) is 48.5 Å². The summed E-state index contributed by atoms with van der Waals surface area (Å²) in [5.41, 5.74) is 9.22. The Labute approximate surface area is 171 Å². The zero-order valence-corrected chi connectivity index (χ0v) is 17.0. The van der Waals surface area contributed by atoms with Gasteiger partial charge in [0.05, 0.1) is 24.6 Å². The summed E-state index contributed by atoms with van der Waals surface area (Å²) in [6, 6.07) is 17.4. The number of imidazole rings is 1. The molecule has 29 heavy (non-hydrogen) atoms. The minimum Gasteiger partial charge on any atom is -0.491 e. The molecule has 1 heterocycles. The Morgan fingerprint density at radius 2 is 1.90 bits per heavy atom. The summed E-state index contributed by atoms with van der Waals surface area (Å²) in [5.74, 6) is 0.720. The highest BCUT2D eigenvalue weighted by molar-refractivity contribution is 5.81. The lowest BCUT2D eigenvalue weighted by Crippen LogP contribution is -2.44. The van der Waals surface area contributed by atoms with E-state index < -0.39 is 6.04 Å². The van der Waals surface area contributed by atoms with Crippen LogP contribution >= 0.6 is 0 Å². The number of carbonyl (C=O) groups excluding carboxylic acids is 1. The second-order valence-electron chi connectivity index (χ2n) is 7.21. The summed E-state index contributed by atoms with van der Waals surface area (Å²) < 4.78 is 7.77. The van der Waals surface area contributed by atoms with E-state index in [9.17, 15) is 4.79 Å². The van der Waals surface area contributed by atoms with Crippen LogP contribution in [0.3, 0.4) is 0 Å². The molecule has 0 saturated heterocycles. The molecule has 0 saturated carbocycles. The third-order valence-electron chi connectivity index (χ3n) is 4.80. The van der Waals surface area contributed by atoms with Crippen molar-refractivity contribution in [2.24, 2.45) is 5.73 Å². The number of hydrogen-bond donors (Lipinski definition) is 1. The second-order valence-corrected chi connectivity index (χ2v) is 7.21. The van der Waals surface area contributed by atoms with Gasteiger partial charge in [0.25, 0.3) is 0 Å². The predicted octanol–water partition coefficient (Wildman–Crippen LogP) is 2.65. The maximum atomic E-state index is 12.6. The van der Waals surface area contributed by atoms with E-state index >= 15 is 0 Å². The van der Waals surface area contributed by atoms with Gasteiger partial charge >= 0.3 is 0 Å². The van der Waals surface area contributed by atoms with Crippen molar-refractivity contribution < 1.29 is 9.53 Å². The van der Waals surface area contributed by atoms with Crippen LogP contribution in [-0.2, 0) is 17.8 Å². The van der Waals surface area contributed by atoms with Crippen molar-refractivity contribution in [1.29, 1.82) is 0 Å². The molecule has 0 fully saturated rings. The quantitative estimate of drug-likeness (QED) is 0.608. The summed E-state index contributed by atoms with van der Waals surface area (Å²) in [6.07, 6.45) is 4.13. The molecule has 2 aromatic carbocycles. The molecule has 0 aliphatic carbocycles. The molecule has 0 unspecified atom stereocenters. The smallest absolute Gasteiger partial charge is 0.239 e. The van der Waals surface area contributed by atoms with Crippen molar-refractivity contribution in [2.45, 2.75) is 25.9 Å². The normalized spacial score (nSPS) is 11.8. The predicted molar refractivity (Wildman–Crippen MR) is 114 cm³/mol. The Morgan fingerprint density at radius 3 is 2.66 bits per heavy atom. The molecule has 0 spiro atoms. The summed E-state index contributed by atoms with van der Waals surface area (Å²) >= 11 is 0. The van der Waals surface area contributed by atoms with Crippen molar-refractivity contribution in [3.8, 4) is 5.75 Å². The van der Waals surface area contributed by atoms with Gasteiger partial charge in [-0.25, -0.2) is 4.98 Å². The minimum absolute atomic E-state index is 0.115. The number of nitrogens with two attached hydrogens (primary N) is 1. The van der Waals surface area contributed by atoms with E-state index in [4.69, 9.17) is 10.5 Å². The number of amides is 1. The van der Waals surface area contributed by atoms with Gasteiger partial charge in [0.1, 0.15) is 12.4 Å². The van der Waals surface area contributed by atoms with Crippen LogP contribution in [-0.4, -0.2) is 46.6 Å². The van der Waals surface area contributed by atoms with E-state index in [1.165, 1.54) is 5.56 Å². The maximum absolute atomic E-state index is 12.6. The standard InChI is InChI=1S/C23H28N4O2/c1-18-8-6-7-11-22(18)29-13-12-26(2)23(28)21(24)14-20-16-27(17-25-20)15-19-9-4-3-5-10-19/h3-11,16-17,21H,12-15,24H2,1-2H3/t21-/m0/s1. The van der Waals surface area contributed by atoms with Crippen LogP contribution in [0.1, 0.15) is 16.8 Å². The Kier molecular flexibility index (Phi) is 7.03. The molecule has 0 aliphatic heterocycles. The number of rotatable bonds is 9. The van der Waals surface area contributed by atoms with Gasteiger partial charge < -0.3 is 19.9 Å². The summed E-state index contributed by atoms with van der Waals surface area (Å²) in [7, 11) is 1.75. The molecule has 0 aliphatic rings. The maximum Gasteiger partial charge on any atom is 0.239 e. The van der Waals surface area contributed by atoms with Crippen LogP contribution in [0.2, 0.25) is 0 Å². The largest absolute Gasteiger partial charge is 0.491 e. The van der Waals surface area contributed by atoms with Crippen LogP contribution in [0.15, 0.2) is 67.1 Å². The Hall–Kier alpha value is -3.12. The number of benzene rings is 2. The molecule has 3 rings (SSSR count). The zero-order valence-electron chi connectivity index (χ0n) is 17.0. The first-order valence-corrected chi connectivity index (χ1v) is 9.76. The van der Waals surface area contributed by atoms with Crippen LogP contribution in [0.4, 0.5) is 0 Å². The first-order valence-electron chi connectivity index (χ1n) is 9.76. The number of aryl methyl sites for hydroxylation is 1. The number of nitrogens with zero attached hydrogens (tertiary/aromatic N) is 3. The molecule has 6 nitrogen and oxygen atoms in total. The molecular weight excluding hydrogens is 364 g/mol. The first kappa shape index (κ1) is 20.6. The monoisotopic (exact) mass is 392 g/mol. The van der Waals surface area contributed by atoms with E-state index in [-0.39, 0.29) is 5.91 Å². The van der Waals surface area contributed by atoms with Gasteiger partial charge in [-0.2, -0.15) is 0 Å². The first-order chi connectivity index (χ1) is 14.0. The third kappa shape index (κ3) is 5.93. The van der Waals surface area contributed by atoms with Gasteiger partial charge in [0.15, 0.2) is 0 Å². The number of hydrogen-bond acceptors (Lipinski definition) is 4. The van der Waals surface area contributed by atoms with E-state index in [2.05, 4.69) is 17.1 Å². The highest BCUT2D eigenvalue weighted by atomic mass is 16.5. The molecule has 1 amide bonds. The zero-order chi connectivity index (χ0) is 20.6. The average molecular weight is 393 g/mol. The lowest BCUT2D eigenvalue weighted by molar-refractivity contribution is -0.131. The fraction of sp³-hybridized carbons (Fsp3) is 0.304. The molecule has 0 radical (unpaired) electrons. The van der Waals surface area contributed by atoms with Gasteiger partial charge in [-0.05, 0) is 24.1 Å². The average Bonchev–Trinajstić information content (AvgIpc) is 3.16. The second kappa shape index (κ2) is 9.89. The van der Waals surface area contributed by atoms with E-state index in [0.717, 1.165) is 23.6 Å². The minimum atomic E-state index is -0.626. The molecular formula is C23H28N4O2. The Balaban J connectivity index is 1.46. The van der Waals surface area contributed by atoms with Crippen molar-refractivity contribution >= 4 is 5.91 Å². The molecule has 2 N–H and O–H groups in total. The van der Waals surface area contributed by atoms with Crippen molar-refractivity contribution in [1.82, 2.24) is 14.5 Å². The summed E-state index contributed by atoms with van der Waals surface area (Å²) in [6.45, 7) is 3.64. The molecule has 0 bridgehead atoms. The molecule has 6 heteroatoms. The van der Waals surface area contributed by atoms with Crippen LogP contribution < -0.4 is 10.5 Å². The van der Waals surface area contributed by atoms with Gasteiger partial charge in [-0.3, -0.25) is 4.79 Å². The fourth-order valence-electron chi connectivity index (χ4n) is 3.11. The van der Waals surface area contributed by atoms with Crippen molar-refractivity contribution in [3.05, 3.63) is 83.9 Å². The number of aromatic nitrogens is 2. The molecule has 152 valence electrons. The summed E-state index contributed by atoms with van der Waals surface area (Å²) in [4.78, 5) is 18.6. The third-order valence-corrected chi connectivity index (χ3v) is 4.80. The highest BCUT2D eigenvalue weighted by Gasteiger charge is 2.19. The van der Waals surface area contributed by atoms with Gasteiger partial charge in [-0.15, -0.1) is 0 Å². The van der Waals surface area contributed by atoms with Gasteiger partial charge in [0, 0.05) is 26.2 Å². The van der Waals surface area contributed by atoms with E-state index in [0.29, 0.717) is 19.6 Å². The molecule has 1 atom stereocenters. The number of ether oxygens (including phenoxy) is 1. The lowest BCUT2D eigenvalue weighted by Gasteiger charge is -2.21. The number of carbonyl (C=O) groups is 1. The van der Waals surface area contributed by atoms with Crippen LogP contribution in [0, 0.1) is 6.92 Å². The van der Waals surface area contributed by atoms with E-state index in [1.54, 1.807) is 18.3 Å². The van der Waals surface area contributed by atoms with Crippen LogP contribution in [0.25, 0.3) is 0 Å². The molecule has 3 aromatic rings. The highest BCUT2D eigenvalue weighted by Crippen LogP contribution is 2.16. The fourth-order valence-corrected chi connectivity index (χ4v) is 3.11. The molecule has 1 aromatic heterocycles.